The zero-order valence-corrected chi connectivity index (χ0v) is 15.3. The first kappa shape index (κ1) is 19.3. The lowest BCUT2D eigenvalue weighted by Gasteiger charge is -2.28. The normalized spacial score (nSPS) is 12.1. The summed E-state index contributed by atoms with van der Waals surface area (Å²) in [5, 5.41) is 10.7. The lowest BCUT2D eigenvalue weighted by molar-refractivity contribution is -0.142. The number of aryl methyl sites for hydroxylation is 1. The molecule has 0 atom stereocenters. The number of carbonyl (C=O) groups is 1. The van der Waals surface area contributed by atoms with E-state index in [0.29, 0.717) is 18.6 Å². The number of phenolic OH excluding ortho intramolecular Hbond substituents is 1. The van der Waals surface area contributed by atoms with Gasteiger partial charge in [-0.2, -0.15) is 0 Å². The van der Waals surface area contributed by atoms with Crippen molar-refractivity contribution in [3.63, 3.8) is 0 Å². The van der Waals surface area contributed by atoms with Crippen LogP contribution in [0.2, 0.25) is 0 Å². The van der Waals surface area contributed by atoms with E-state index >= 15 is 0 Å². The molecule has 0 fully saturated rings. The van der Waals surface area contributed by atoms with Gasteiger partial charge in [0.2, 0.25) is 0 Å². The van der Waals surface area contributed by atoms with Gasteiger partial charge in [0.15, 0.2) is 0 Å². The molecule has 0 aliphatic heterocycles. The van der Waals surface area contributed by atoms with Crippen molar-refractivity contribution in [2.24, 2.45) is 0 Å². The molecule has 1 N–H and O–H groups in total. The molecule has 1 aromatic carbocycles. The molecule has 0 amide bonds. The SMILES string of the molecule is C=CCOC(=O)CCc1cc(C(C)(C)C)c(O)c(C(C)(C)C)c1. The summed E-state index contributed by atoms with van der Waals surface area (Å²) in [4.78, 5) is 11.7. The van der Waals surface area contributed by atoms with Crippen molar-refractivity contribution in [3.05, 3.63) is 41.5 Å². The van der Waals surface area contributed by atoms with E-state index in [4.69, 9.17) is 4.74 Å². The summed E-state index contributed by atoms with van der Waals surface area (Å²) in [5.41, 5.74) is 2.55. The van der Waals surface area contributed by atoms with Gasteiger partial charge in [0.05, 0.1) is 0 Å². The summed E-state index contributed by atoms with van der Waals surface area (Å²) in [7, 11) is 0. The second kappa shape index (κ2) is 7.20. The lowest BCUT2D eigenvalue weighted by atomic mass is 9.78. The second-order valence-electron chi connectivity index (χ2n) is 8.01. The molecule has 23 heavy (non-hydrogen) atoms. The minimum Gasteiger partial charge on any atom is -0.507 e. The van der Waals surface area contributed by atoms with Crippen molar-refractivity contribution >= 4 is 5.97 Å². The fourth-order valence-electron chi connectivity index (χ4n) is 2.45. The van der Waals surface area contributed by atoms with Crippen molar-refractivity contribution in [1.29, 1.82) is 0 Å². The van der Waals surface area contributed by atoms with Gasteiger partial charge >= 0.3 is 5.97 Å². The van der Waals surface area contributed by atoms with Crippen LogP contribution in [-0.4, -0.2) is 17.7 Å². The van der Waals surface area contributed by atoms with Gasteiger partial charge in [-0.25, -0.2) is 0 Å². The highest BCUT2D eigenvalue weighted by atomic mass is 16.5. The van der Waals surface area contributed by atoms with Crippen molar-refractivity contribution in [2.75, 3.05) is 6.61 Å². The Morgan fingerprint density at radius 2 is 1.61 bits per heavy atom. The number of aromatic hydroxyl groups is 1. The van der Waals surface area contributed by atoms with Gasteiger partial charge in [-0.05, 0) is 33.9 Å². The Morgan fingerprint density at radius 3 is 2.00 bits per heavy atom. The van der Waals surface area contributed by atoms with Gasteiger partial charge in [0.1, 0.15) is 12.4 Å². The Kier molecular flexibility index (Phi) is 6.04. The molecule has 0 saturated heterocycles. The monoisotopic (exact) mass is 318 g/mol. The van der Waals surface area contributed by atoms with Crippen LogP contribution in [0.15, 0.2) is 24.8 Å². The molecule has 0 aromatic heterocycles. The van der Waals surface area contributed by atoms with E-state index in [9.17, 15) is 9.90 Å². The third-order valence-electron chi connectivity index (χ3n) is 3.77. The molecule has 0 aliphatic rings. The van der Waals surface area contributed by atoms with Gasteiger partial charge in [-0.3, -0.25) is 4.79 Å². The summed E-state index contributed by atoms with van der Waals surface area (Å²) in [6, 6.07) is 4.01. The van der Waals surface area contributed by atoms with E-state index in [-0.39, 0.29) is 23.4 Å². The molecule has 1 aromatic rings. The zero-order valence-electron chi connectivity index (χ0n) is 15.3. The third-order valence-corrected chi connectivity index (χ3v) is 3.77. The van der Waals surface area contributed by atoms with Crippen LogP contribution in [0.4, 0.5) is 0 Å². The lowest BCUT2D eigenvalue weighted by Crippen LogP contribution is -2.18. The summed E-state index contributed by atoms with van der Waals surface area (Å²) >= 11 is 0. The minimum atomic E-state index is -0.229. The van der Waals surface area contributed by atoms with Crippen LogP contribution in [0.1, 0.15) is 64.7 Å². The molecule has 0 spiro atoms. The summed E-state index contributed by atoms with van der Waals surface area (Å²) in [6.07, 6.45) is 2.49. The highest BCUT2D eigenvalue weighted by molar-refractivity contribution is 5.70. The number of rotatable bonds is 5. The first-order valence-electron chi connectivity index (χ1n) is 8.10. The van der Waals surface area contributed by atoms with Gasteiger partial charge in [-0.15, -0.1) is 0 Å². The smallest absolute Gasteiger partial charge is 0.306 e. The molecule has 0 radical (unpaired) electrons. The Hall–Kier alpha value is -1.77. The molecule has 1 rings (SSSR count). The predicted octanol–water partition coefficient (Wildman–Crippen LogP) is 4.65. The minimum absolute atomic E-state index is 0.163. The van der Waals surface area contributed by atoms with Gasteiger partial charge in [0, 0.05) is 6.42 Å². The van der Waals surface area contributed by atoms with Crippen molar-refractivity contribution < 1.29 is 14.6 Å². The van der Waals surface area contributed by atoms with E-state index in [2.05, 4.69) is 48.1 Å². The molecule has 0 heterocycles. The average molecular weight is 318 g/mol. The molecule has 128 valence electrons. The quantitative estimate of drug-likeness (QED) is 0.635. The largest absolute Gasteiger partial charge is 0.507 e. The maximum Gasteiger partial charge on any atom is 0.306 e. The molecule has 3 nitrogen and oxygen atoms in total. The molecule has 0 bridgehead atoms. The van der Waals surface area contributed by atoms with Crippen LogP contribution in [0, 0.1) is 0 Å². The van der Waals surface area contributed by atoms with Crippen LogP contribution < -0.4 is 0 Å². The Balaban J connectivity index is 3.13. The van der Waals surface area contributed by atoms with E-state index in [1.54, 1.807) is 6.08 Å². The number of hydrogen-bond acceptors (Lipinski definition) is 3. The predicted molar refractivity (Wildman–Crippen MR) is 95.0 cm³/mol. The number of ether oxygens (including phenoxy) is 1. The Labute approximate surface area is 140 Å². The highest BCUT2D eigenvalue weighted by Gasteiger charge is 2.26. The molecule has 3 heteroatoms. The van der Waals surface area contributed by atoms with Gasteiger partial charge in [0.25, 0.3) is 0 Å². The molecular formula is C20H30O3. The van der Waals surface area contributed by atoms with E-state index in [1.807, 2.05) is 12.1 Å². The third kappa shape index (κ3) is 5.42. The Bertz CT molecular complexity index is 537. The van der Waals surface area contributed by atoms with Gasteiger partial charge < -0.3 is 9.84 Å². The zero-order chi connectivity index (χ0) is 17.8. The van der Waals surface area contributed by atoms with Crippen molar-refractivity contribution in [1.82, 2.24) is 0 Å². The van der Waals surface area contributed by atoms with E-state index in [1.165, 1.54) is 0 Å². The summed E-state index contributed by atoms with van der Waals surface area (Å²) < 4.78 is 5.03. The van der Waals surface area contributed by atoms with Crippen LogP contribution in [0.3, 0.4) is 0 Å². The van der Waals surface area contributed by atoms with Crippen LogP contribution in [-0.2, 0) is 26.8 Å². The van der Waals surface area contributed by atoms with Crippen LogP contribution in [0.25, 0.3) is 0 Å². The van der Waals surface area contributed by atoms with E-state index in [0.717, 1.165) is 16.7 Å². The second-order valence-corrected chi connectivity index (χ2v) is 8.01. The maximum atomic E-state index is 11.7. The average Bonchev–Trinajstić information content (AvgIpc) is 2.41. The molecule has 0 saturated carbocycles. The number of phenols is 1. The fraction of sp³-hybridized carbons (Fsp3) is 0.550. The number of hydrogen-bond donors (Lipinski definition) is 1. The summed E-state index contributed by atoms with van der Waals surface area (Å²) in [5.74, 6) is 0.135. The van der Waals surface area contributed by atoms with Crippen LogP contribution >= 0.6 is 0 Å². The summed E-state index contributed by atoms with van der Waals surface area (Å²) in [6.45, 7) is 16.3. The van der Waals surface area contributed by atoms with Crippen molar-refractivity contribution in [2.45, 2.75) is 65.2 Å². The molecule has 0 aliphatic carbocycles. The topological polar surface area (TPSA) is 46.5 Å². The first-order chi connectivity index (χ1) is 10.5. The van der Waals surface area contributed by atoms with Crippen molar-refractivity contribution in [3.8, 4) is 5.75 Å². The number of benzene rings is 1. The maximum absolute atomic E-state index is 11.7. The number of carbonyl (C=O) groups excluding carboxylic acids is 1. The molecule has 0 unspecified atom stereocenters. The van der Waals surface area contributed by atoms with Gasteiger partial charge in [-0.1, -0.05) is 66.3 Å². The Morgan fingerprint density at radius 1 is 1.13 bits per heavy atom. The molecular weight excluding hydrogens is 288 g/mol. The van der Waals surface area contributed by atoms with Crippen LogP contribution in [0.5, 0.6) is 5.75 Å². The fourth-order valence-corrected chi connectivity index (χ4v) is 2.45. The standard InChI is InChI=1S/C20H30O3/c1-8-11-23-17(21)10-9-14-12-15(19(2,3)4)18(22)16(13-14)20(5,6)7/h8,12-13,22H,1,9-11H2,2-7H3. The number of esters is 1. The first-order valence-corrected chi connectivity index (χ1v) is 8.10. The highest BCUT2D eigenvalue weighted by Crippen LogP contribution is 2.39. The van der Waals surface area contributed by atoms with E-state index < -0.39 is 0 Å².